The summed E-state index contributed by atoms with van der Waals surface area (Å²) in [5.41, 5.74) is 7.91. The first-order valence-electron chi connectivity index (χ1n) is 6.18. The molecule has 3 rings (SSSR count). The predicted molar refractivity (Wildman–Crippen MR) is 78.7 cm³/mol. The van der Waals surface area contributed by atoms with E-state index in [-0.39, 0.29) is 5.82 Å². The second-order valence-corrected chi connectivity index (χ2v) is 4.91. The van der Waals surface area contributed by atoms with Gasteiger partial charge in [0, 0.05) is 11.3 Å². The molecule has 0 aliphatic heterocycles. The zero-order valence-electron chi connectivity index (χ0n) is 11.1. The van der Waals surface area contributed by atoms with Crippen LogP contribution in [0, 0.1) is 12.7 Å². The van der Waals surface area contributed by atoms with Gasteiger partial charge >= 0.3 is 0 Å². The van der Waals surface area contributed by atoms with E-state index in [9.17, 15) is 4.39 Å². The van der Waals surface area contributed by atoms with E-state index in [1.54, 1.807) is 37.3 Å². The fourth-order valence-corrected chi connectivity index (χ4v) is 2.37. The van der Waals surface area contributed by atoms with Gasteiger partial charge in [-0.05, 0) is 41.6 Å². The Morgan fingerprint density at radius 2 is 1.95 bits per heavy atom. The number of hydrogen-bond acceptors (Lipinski definition) is 4. The molecule has 2 N–H and O–H groups in total. The molecular weight excluding hydrogens is 293 g/mol. The van der Waals surface area contributed by atoms with Crippen LogP contribution in [-0.2, 0) is 0 Å². The fraction of sp³-hybridized carbons (Fsp3) is 0.0714. The first kappa shape index (κ1) is 13.5. The van der Waals surface area contributed by atoms with Crippen molar-refractivity contribution in [2.24, 2.45) is 0 Å². The van der Waals surface area contributed by atoms with Crippen LogP contribution in [0.4, 0.5) is 10.1 Å². The highest BCUT2D eigenvalue weighted by Crippen LogP contribution is 2.32. The van der Waals surface area contributed by atoms with Crippen LogP contribution in [0.5, 0.6) is 0 Å². The van der Waals surface area contributed by atoms with E-state index in [4.69, 9.17) is 17.3 Å². The molecule has 0 fully saturated rings. The zero-order chi connectivity index (χ0) is 15.0. The highest BCUT2D eigenvalue weighted by molar-refractivity contribution is 6.33. The van der Waals surface area contributed by atoms with Gasteiger partial charge in [0.25, 0.3) is 0 Å². The second-order valence-electron chi connectivity index (χ2n) is 4.50. The first-order valence-corrected chi connectivity index (χ1v) is 6.55. The Morgan fingerprint density at radius 1 is 1.19 bits per heavy atom. The van der Waals surface area contributed by atoms with Crippen molar-refractivity contribution in [2.75, 3.05) is 5.73 Å². The van der Waals surface area contributed by atoms with Crippen LogP contribution >= 0.6 is 11.6 Å². The highest BCUT2D eigenvalue weighted by atomic mass is 35.5. The van der Waals surface area contributed by atoms with Gasteiger partial charge in [-0.3, -0.25) is 0 Å². The molecular formula is C14H11ClFN5. The maximum atomic E-state index is 13.7. The van der Waals surface area contributed by atoms with E-state index in [1.807, 2.05) is 0 Å². The second kappa shape index (κ2) is 5.14. The Hall–Kier alpha value is -2.47. The maximum absolute atomic E-state index is 13.7. The van der Waals surface area contributed by atoms with Crippen LogP contribution < -0.4 is 5.73 Å². The molecule has 21 heavy (non-hydrogen) atoms. The van der Waals surface area contributed by atoms with E-state index in [0.717, 1.165) is 0 Å². The van der Waals surface area contributed by atoms with Gasteiger partial charge < -0.3 is 5.73 Å². The van der Waals surface area contributed by atoms with Crippen molar-refractivity contribution in [1.29, 1.82) is 0 Å². The number of halogens is 2. The molecule has 0 saturated carbocycles. The summed E-state index contributed by atoms with van der Waals surface area (Å²) < 4.78 is 15.2. The monoisotopic (exact) mass is 303 g/mol. The summed E-state index contributed by atoms with van der Waals surface area (Å²) in [6.07, 6.45) is 0. The third kappa shape index (κ3) is 2.23. The molecule has 3 aromatic rings. The van der Waals surface area contributed by atoms with E-state index >= 15 is 0 Å². The molecule has 0 aliphatic carbocycles. The van der Waals surface area contributed by atoms with Crippen LogP contribution in [0.1, 0.15) is 5.56 Å². The lowest BCUT2D eigenvalue weighted by molar-refractivity contribution is 0.614. The Balaban J connectivity index is 2.25. The van der Waals surface area contributed by atoms with E-state index in [2.05, 4.69) is 15.5 Å². The summed E-state index contributed by atoms with van der Waals surface area (Å²) in [7, 11) is 0. The van der Waals surface area contributed by atoms with Crippen molar-refractivity contribution in [3.8, 4) is 17.1 Å². The number of rotatable bonds is 2. The number of aromatic nitrogens is 4. The van der Waals surface area contributed by atoms with E-state index < -0.39 is 0 Å². The largest absolute Gasteiger partial charge is 0.398 e. The first-order chi connectivity index (χ1) is 10.1. The molecule has 2 aromatic carbocycles. The highest BCUT2D eigenvalue weighted by Gasteiger charge is 2.18. The van der Waals surface area contributed by atoms with Gasteiger partial charge in [0.05, 0.1) is 16.3 Å². The summed E-state index contributed by atoms with van der Waals surface area (Å²) in [5, 5.41) is 12.0. The summed E-state index contributed by atoms with van der Waals surface area (Å²) in [6.45, 7) is 1.66. The molecule has 0 amide bonds. The normalized spacial score (nSPS) is 10.8. The van der Waals surface area contributed by atoms with Gasteiger partial charge in [-0.15, -0.1) is 5.10 Å². The topological polar surface area (TPSA) is 69.6 Å². The summed E-state index contributed by atoms with van der Waals surface area (Å²) in [4.78, 5) is 0. The summed E-state index contributed by atoms with van der Waals surface area (Å²) in [5.74, 6) is 0.0351. The number of hydrogen-bond donors (Lipinski definition) is 1. The predicted octanol–water partition coefficient (Wildman–Crippen LogP) is 3.01. The van der Waals surface area contributed by atoms with Crippen molar-refractivity contribution in [3.05, 3.63) is 52.8 Å². The van der Waals surface area contributed by atoms with Crippen molar-refractivity contribution in [3.63, 3.8) is 0 Å². The number of nitrogens with two attached hydrogens (primary N) is 1. The third-order valence-electron chi connectivity index (χ3n) is 3.21. The molecule has 0 atom stereocenters. The Morgan fingerprint density at radius 3 is 2.71 bits per heavy atom. The van der Waals surface area contributed by atoms with Crippen molar-refractivity contribution < 1.29 is 4.39 Å². The van der Waals surface area contributed by atoms with Crippen LogP contribution in [-0.4, -0.2) is 20.2 Å². The van der Waals surface area contributed by atoms with Gasteiger partial charge in [-0.25, -0.2) is 4.39 Å². The lowest BCUT2D eigenvalue weighted by atomic mass is 10.1. The van der Waals surface area contributed by atoms with E-state index in [1.165, 1.54) is 10.7 Å². The molecule has 106 valence electrons. The molecule has 5 nitrogen and oxygen atoms in total. The number of benzene rings is 2. The standard InChI is InChI=1S/C14H11ClFN5/c1-8-10(16)5-3-7-12(8)21-14(18-19-20-21)13-9(15)4-2-6-11(13)17/h2-7H,17H2,1H3. The zero-order valence-corrected chi connectivity index (χ0v) is 11.8. The van der Waals surface area contributed by atoms with Crippen molar-refractivity contribution >= 4 is 17.3 Å². The summed E-state index contributed by atoms with van der Waals surface area (Å²) >= 11 is 6.19. The van der Waals surface area contributed by atoms with E-state index in [0.29, 0.717) is 33.3 Å². The fourth-order valence-electron chi connectivity index (χ4n) is 2.11. The molecule has 1 aromatic heterocycles. The van der Waals surface area contributed by atoms with Gasteiger partial charge in [-0.2, -0.15) is 4.68 Å². The SMILES string of the molecule is Cc1c(F)cccc1-n1nnnc1-c1c(N)cccc1Cl. The minimum atomic E-state index is -0.332. The molecule has 0 spiro atoms. The van der Waals surface area contributed by atoms with Crippen LogP contribution in [0.3, 0.4) is 0 Å². The molecule has 0 bridgehead atoms. The minimum Gasteiger partial charge on any atom is -0.398 e. The van der Waals surface area contributed by atoms with Crippen LogP contribution in [0.2, 0.25) is 5.02 Å². The average molecular weight is 304 g/mol. The van der Waals surface area contributed by atoms with Gasteiger partial charge in [0.2, 0.25) is 0 Å². The maximum Gasteiger partial charge on any atom is 0.190 e. The Labute approximate surface area is 125 Å². The molecule has 7 heteroatoms. The number of nitrogens with zero attached hydrogens (tertiary/aromatic N) is 4. The number of anilines is 1. The molecule has 0 saturated heterocycles. The minimum absolute atomic E-state index is 0.332. The summed E-state index contributed by atoms with van der Waals surface area (Å²) in [6, 6.07) is 9.85. The van der Waals surface area contributed by atoms with Crippen LogP contribution in [0.15, 0.2) is 36.4 Å². The Kier molecular flexibility index (Phi) is 3.31. The third-order valence-corrected chi connectivity index (χ3v) is 3.52. The quantitative estimate of drug-likeness (QED) is 0.739. The van der Waals surface area contributed by atoms with Crippen molar-refractivity contribution in [2.45, 2.75) is 6.92 Å². The average Bonchev–Trinajstić information content (AvgIpc) is 2.91. The Bertz CT molecular complexity index is 795. The van der Waals surface area contributed by atoms with Gasteiger partial charge in [0.1, 0.15) is 5.82 Å². The number of tetrazole rings is 1. The van der Waals surface area contributed by atoms with Crippen LogP contribution in [0.25, 0.3) is 17.1 Å². The van der Waals surface area contributed by atoms with Gasteiger partial charge in [0.15, 0.2) is 5.82 Å². The number of nitrogen functional groups attached to an aromatic ring is 1. The molecule has 0 aliphatic rings. The lowest BCUT2D eigenvalue weighted by Gasteiger charge is -2.10. The lowest BCUT2D eigenvalue weighted by Crippen LogP contribution is -2.05. The van der Waals surface area contributed by atoms with Gasteiger partial charge in [-0.1, -0.05) is 23.7 Å². The molecule has 0 radical (unpaired) electrons. The van der Waals surface area contributed by atoms with Crippen molar-refractivity contribution in [1.82, 2.24) is 20.2 Å². The molecule has 1 heterocycles. The molecule has 0 unspecified atom stereocenters. The smallest absolute Gasteiger partial charge is 0.190 e.